The number of methoxy groups -OCH3 is 1. The van der Waals surface area contributed by atoms with Crippen molar-refractivity contribution >= 4 is 10.8 Å². The SMILES string of the molecule is CCc1ccc2ccc(OC)cc2c1C. The Morgan fingerprint density at radius 1 is 1.13 bits per heavy atom. The van der Waals surface area contributed by atoms with Gasteiger partial charge in [0.15, 0.2) is 0 Å². The number of hydrogen-bond acceptors (Lipinski definition) is 1. The summed E-state index contributed by atoms with van der Waals surface area (Å²) in [6.45, 7) is 4.37. The number of fused-ring (bicyclic) bond motifs is 1. The first kappa shape index (κ1) is 10.0. The van der Waals surface area contributed by atoms with E-state index >= 15 is 0 Å². The molecule has 2 aromatic rings. The third-order valence-corrected chi connectivity index (χ3v) is 2.99. The lowest BCUT2D eigenvalue weighted by Gasteiger charge is -2.09. The summed E-state index contributed by atoms with van der Waals surface area (Å²) in [7, 11) is 1.71. The molecule has 0 N–H and O–H groups in total. The fraction of sp³-hybridized carbons (Fsp3) is 0.286. The van der Waals surface area contributed by atoms with Gasteiger partial charge in [0.2, 0.25) is 0 Å². The highest BCUT2D eigenvalue weighted by Crippen LogP contribution is 2.26. The van der Waals surface area contributed by atoms with Crippen LogP contribution in [0.25, 0.3) is 10.8 Å². The van der Waals surface area contributed by atoms with Crippen molar-refractivity contribution in [2.75, 3.05) is 7.11 Å². The van der Waals surface area contributed by atoms with Gasteiger partial charge in [-0.15, -0.1) is 0 Å². The van der Waals surface area contributed by atoms with Crippen LogP contribution in [0.15, 0.2) is 30.3 Å². The Balaban J connectivity index is 2.72. The highest BCUT2D eigenvalue weighted by atomic mass is 16.5. The Morgan fingerprint density at radius 2 is 1.87 bits per heavy atom. The van der Waals surface area contributed by atoms with E-state index in [-0.39, 0.29) is 0 Å². The third kappa shape index (κ3) is 1.70. The van der Waals surface area contributed by atoms with Gasteiger partial charge >= 0.3 is 0 Å². The lowest BCUT2D eigenvalue weighted by atomic mass is 9.98. The normalized spacial score (nSPS) is 10.6. The molecule has 0 fully saturated rings. The molecule has 15 heavy (non-hydrogen) atoms. The van der Waals surface area contributed by atoms with Crippen molar-refractivity contribution in [1.29, 1.82) is 0 Å². The van der Waals surface area contributed by atoms with Gasteiger partial charge < -0.3 is 4.74 Å². The molecule has 0 radical (unpaired) electrons. The minimum absolute atomic E-state index is 0.929. The Morgan fingerprint density at radius 3 is 2.53 bits per heavy atom. The molecule has 1 nitrogen and oxygen atoms in total. The quantitative estimate of drug-likeness (QED) is 0.718. The molecule has 0 amide bonds. The van der Waals surface area contributed by atoms with Crippen molar-refractivity contribution < 1.29 is 4.74 Å². The van der Waals surface area contributed by atoms with Crippen molar-refractivity contribution in [1.82, 2.24) is 0 Å². The number of rotatable bonds is 2. The topological polar surface area (TPSA) is 9.23 Å². The molecule has 1 heteroatoms. The molecule has 0 saturated carbocycles. The van der Waals surface area contributed by atoms with Gasteiger partial charge in [-0.05, 0) is 47.4 Å². The Hall–Kier alpha value is -1.50. The van der Waals surface area contributed by atoms with Crippen LogP contribution in [0.4, 0.5) is 0 Å². The van der Waals surface area contributed by atoms with Crippen LogP contribution in [-0.4, -0.2) is 7.11 Å². The molecule has 0 saturated heterocycles. The molecule has 2 aromatic carbocycles. The molecule has 0 heterocycles. The fourth-order valence-corrected chi connectivity index (χ4v) is 2.00. The third-order valence-electron chi connectivity index (χ3n) is 2.99. The lowest BCUT2D eigenvalue weighted by Crippen LogP contribution is -1.89. The van der Waals surface area contributed by atoms with E-state index < -0.39 is 0 Å². The molecular weight excluding hydrogens is 184 g/mol. The van der Waals surface area contributed by atoms with Crippen LogP contribution in [-0.2, 0) is 6.42 Å². The van der Waals surface area contributed by atoms with Crippen molar-refractivity contribution in [3.8, 4) is 5.75 Å². The second kappa shape index (κ2) is 3.93. The lowest BCUT2D eigenvalue weighted by molar-refractivity contribution is 0.415. The van der Waals surface area contributed by atoms with E-state index in [1.165, 1.54) is 21.9 Å². The van der Waals surface area contributed by atoms with Gasteiger partial charge in [-0.2, -0.15) is 0 Å². The zero-order valence-corrected chi connectivity index (χ0v) is 9.50. The zero-order valence-electron chi connectivity index (χ0n) is 9.50. The smallest absolute Gasteiger partial charge is 0.119 e. The van der Waals surface area contributed by atoms with Crippen molar-refractivity contribution in [3.05, 3.63) is 41.5 Å². The molecule has 78 valence electrons. The summed E-state index contributed by atoms with van der Waals surface area (Å²) in [5.41, 5.74) is 2.78. The number of aryl methyl sites for hydroxylation is 2. The number of ether oxygens (including phenoxy) is 1. The second-order valence-electron chi connectivity index (χ2n) is 3.79. The molecular formula is C14H16O. The minimum Gasteiger partial charge on any atom is -0.497 e. The first-order valence-electron chi connectivity index (χ1n) is 5.32. The Kier molecular flexibility index (Phi) is 2.63. The van der Waals surface area contributed by atoms with Crippen LogP contribution < -0.4 is 4.74 Å². The monoisotopic (exact) mass is 200 g/mol. The molecule has 0 atom stereocenters. The highest BCUT2D eigenvalue weighted by Gasteiger charge is 2.03. The Bertz CT molecular complexity index is 481. The summed E-state index contributed by atoms with van der Waals surface area (Å²) in [4.78, 5) is 0. The first-order valence-corrected chi connectivity index (χ1v) is 5.32. The predicted molar refractivity (Wildman–Crippen MR) is 64.6 cm³/mol. The van der Waals surface area contributed by atoms with Gasteiger partial charge in [-0.1, -0.05) is 25.1 Å². The van der Waals surface area contributed by atoms with Crippen molar-refractivity contribution in [3.63, 3.8) is 0 Å². The average Bonchev–Trinajstić information content (AvgIpc) is 2.29. The van der Waals surface area contributed by atoms with Crippen LogP contribution in [0.1, 0.15) is 18.1 Å². The summed E-state index contributed by atoms with van der Waals surface area (Å²) in [5.74, 6) is 0.929. The average molecular weight is 200 g/mol. The standard InChI is InChI=1S/C14H16O/c1-4-11-5-6-12-7-8-13(15-3)9-14(12)10(11)2/h5-9H,4H2,1-3H3. The molecule has 0 aromatic heterocycles. The summed E-state index contributed by atoms with van der Waals surface area (Å²) in [6, 6.07) is 10.6. The van der Waals surface area contributed by atoms with Gasteiger partial charge in [0.25, 0.3) is 0 Å². The van der Waals surface area contributed by atoms with Crippen LogP contribution in [0.3, 0.4) is 0 Å². The van der Waals surface area contributed by atoms with E-state index in [1.807, 2.05) is 6.07 Å². The number of benzene rings is 2. The van der Waals surface area contributed by atoms with E-state index in [0.29, 0.717) is 0 Å². The molecule has 0 spiro atoms. The molecule has 0 bridgehead atoms. The van der Waals surface area contributed by atoms with E-state index in [4.69, 9.17) is 4.74 Å². The molecule has 0 aliphatic heterocycles. The van der Waals surface area contributed by atoms with Crippen LogP contribution in [0.2, 0.25) is 0 Å². The van der Waals surface area contributed by atoms with Crippen molar-refractivity contribution in [2.45, 2.75) is 20.3 Å². The molecule has 2 rings (SSSR count). The second-order valence-corrected chi connectivity index (χ2v) is 3.79. The summed E-state index contributed by atoms with van der Waals surface area (Å²) >= 11 is 0. The molecule has 0 aliphatic rings. The van der Waals surface area contributed by atoms with E-state index in [9.17, 15) is 0 Å². The molecule has 0 unspecified atom stereocenters. The van der Waals surface area contributed by atoms with Crippen molar-refractivity contribution in [2.24, 2.45) is 0 Å². The zero-order chi connectivity index (χ0) is 10.8. The largest absolute Gasteiger partial charge is 0.497 e. The summed E-state index contributed by atoms with van der Waals surface area (Å²) in [5, 5.41) is 2.58. The summed E-state index contributed by atoms with van der Waals surface area (Å²) in [6.07, 6.45) is 1.08. The van der Waals surface area contributed by atoms with Crippen LogP contribution >= 0.6 is 0 Å². The van der Waals surface area contributed by atoms with Crippen LogP contribution in [0.5, 0.6) is 5.75 Å². The summed E-state index contributed by atoms with van der Waals surface area (Å²) < 4.78 is 5.25. The van der Waals surface area contributed by atoms with Gasteiger partial charge in [-0.25, -0.2) is 0 Å². The highest BCUT2D eigenvalue weighted by molar-refractivity contribution is 5.87. The van der Waals surface area contributed by atoms with E-state index in [0.717, 1.165) is 12.2 Å². The van der Waals surface area contributed by atoms with Gasteiger partial charge in [0.1, 0.15) is 5.75 Å². The van der Waals surface area contributed by atoms with Gasteiger partial charge in [0.05, 0.1) is 7.11 Å². The Labute approximate surface area is 90.7 Å². The maximum Gasteiger partial charge on any atom is 0.119 e. The number of hydrogen-bond donors (Lipinski definition) is 0. The maximum absolute atomic E-state index is 5.25. The van der Waals surface area contributed by atoms with Crippen LogP contribution in [0, 0.1) is 6.92 Å². The minimum atomic E-state index is 0.929. The van der Waals surface area contributed by atoms with Gasteiger partial charge in [0, 0.05) is 0 Å². The van der Waals surface area contributed by atoms with E-state index in [2.05, 4.69) is 38.1 Å². The molecule has 0 aliphatic carbocycles. The van der Waals surface area contributed by atoms with Gasteiger partial charge in [-0.3, -0.25) is 0 Å². The first-order chi connectivity index (χ1) is 7.26. The predicted octanol–water partition coefficient (Wildman–Crippen LogP) is 3.72. The fourth-order valence-electron chi connectivity index (χ4n) is 2.00. The maximum atomic E-state index is 5.25. The van der Waals surface area contributed by atoms with E-state index in [1.54, 1.807) is 7.11 Å².